The number of methoxy groups -OCH3 is 1. The lowest BCUT2D eigenvalue weighted by Gasteiger charge is -2.26. The lowest BCUT2D eigenvalue weighted by molar-refractivity contribution is -0.137. The predicted molar refractivity (Wildman–Crippen MR) is 157 cm³/mol. The van der Waals surface area contributed by atoms with E-state index >= 15 is 0 Å². The monoisotopic (exact) mass is 559 g/mol. The van der Waals surface area contributed by atoms with Crippen LogP contribution in [0.4, 0.5) is 5.69 Å². The Labute approximate surface area is 240 Å². The molecule has 0 aliphatic rings. The molecule has 0 unspecified atom stereocenters. The molecule has 41 heavy (non-hydrogen) atoms. The average molecular weight is 560 g/mol. The van der Waals surface area contributed by atoms with Crippen LogP contribution in [0, 0.1) is 5.41 Å². The molecule has 4 N–H and O–H groups in total. The van der Waals surface area contributed by atoms with E-state index in [9.17, 15) is 19.2 Å². The number of carbonyl (C=O) groups is 4. The Balaban J connectivity index is 1.64. The number of carboxylic acid groups (broad SMARTS) is 1. The summed E-state index contributed by atoms with van der Waals surface area (Å²) in [7, 11) is 1.56. The second-order valence-corrected chi connectivity index (χ2v) is 11.0. The quantitative estimate of drug-likeness (QED) is 0.252. The summed E-state index contributed by atoms with van der Waals surface area (Å²) in [5, 5.41) is 17.4. The van der Waals surface area contributed by atoms with Crippen molar-refractivity contribution in [3.63, 3.8) is 0 Å². The first-order valence-electron chi connectivity index (χ1n) is 13.4. The highest BCUT2D eigenvalue weighted by molar-refractivity contribution is 6.01. The molecule has 0 radical (unpaired) electrons. The minimum Gasteiger partial charge on any atom is -0.497 e. The van der Waals surface area contributed by atoms with Crippen molar-refractivity contribution in [2.75, 3.05) is 12.4 Å². The minimum absolute atomic E-state index is 0.0294. The second-order valence-electron chi connectivity index (χ2n) is 11.0. The fourth-order valence-electron chi connectivity index (χ4n) is 4.15. The molecule has 3 rings (SSSR count). The minimum atomic E-state index is -0.869. The summed E-state index contributed by atoms with van der Waals surface area (Å²) in [4.78, 5) is 49.7. The third-order valence-corrected chi connectivity index (χ3v) is 6.28. The number of carbonyl (C=O) groups excluding carboxylic acids is 3. The molecule has 3 aromatic rings. The van der Waals surface area contributed by atoms with Crippen LogP contribution in [0.3, 0.4) is 0 Å². The van der Waals surface area contributed by atoms with Gasteiger partial charge in [0.25, 0.3) is 11.8 Å². The van der Waals surface area contributed by atoms with Gasteiger partial charge in [-0.15, -0.1) is 0 Å². The van der Waals surface area contributed by atoms with Gasteiger partial charge < -0.3 is 25.8 Å². The summed E-state index contributed by atoms with van der Waals surface area (Å²) in [5.41, 5.74) is 2.76. The molecular weight excluding hydrogens is 522 g/mol. The zero-order chi connectivity index (χ0) is 30.0. The fraction of sp³-hybridized carbons (Fsp3) is 0.312. The predicted octanol–water partition coefficient (Wildman–Crippen LogP) is 4.82. The molecule has 9 nitrogen and oxygen atoms in total. The third-order valence-electron chi connectivity index (χ3n) is 6.28. The number of carboxylic acids is 1. The summed E-state index contributed by atoms with van der Waals surface area (Å²) in [6.07, 6.45) is 0.830. The van der Waals surface area contributed by atoms with Gasteiger partial charge in [0.15, 0.2) is 0 Å². The van der Waals surface area contributed by atoms with Crippen LogP contribution in [0.25, 0.3) is 0 Å². The van der Waals surface area contributed by atoms with Crippen molar-refractivity contribution in [2.45, 2.75) is 52.6 Å². The topological polar surface area (TPSA) is 134 Å². The molecule has 0 saturated carbocycles. The zero-order valence-electron chi connectivity index (χ0n) is 23.8. The summed E-state index contributed by atoms with van der Waals surface area (Å²) >= 11 is 0. The van der Waals surface area contributed by atoms with Crippen LogP contribution in [-0.2, 0) is 22.6 Å². The van der Waals surface area contributed by atoms with E-state index < -0.39 is 17.9 Å². The van der Waals surface area contributed by atoms with Crippen molar-refractivity contribution in [3.05, 3.63) is 95.1 Å². The fourth-order valence-corrected chi connectivity index (χ4v) is 4.15. The largest absolute Gasteiger partial charge is 0.497 e. The van der Waals surface area contributed by atoms with Crippen molar-refractivity contribution in [1.29, 1.82) is 0 Å². The molecule has 0 fully saturated rings. The number of aryl methyl sites for hydroxylation is 1. The maximum Gasteiger partial charge on any atom is 0.303 e. The molecule has 0 spiro atoms. The smallest absolute Gasteiger partial charge is 0.303 e. The molecule has 1 atom stereocenters. The van der Waals surface area contributed by atoms with Gasteiger partial charge in [0, 0.05) is 29.8 Å². The van der Waals surface area contributed by atoms with Crippen molar-refractivity contribution < 1.29 is 29.0 Å². The van der Waals surface area contributed by atoms with Gasteiger partial charge in [-0.05, 0) is 77.9 Å². The second kappa shape index (κ2) is 14.1. The highest BCUT2D eigenvalue weighted by Gasteiger charge is 2.27. The van der Waals surface area contributed by atoms with E-state index in [1.165, 1.54) is 0 Å². The Kier molecular flexibility index (Phi) is 10.6. The van der Waals surface area contributed by atoms with Crippen LogP contribution in [-0.4, -0.2) is 41.9 Å². The number of anilines is 1. The summed E-state index contributed by atoms with van der Waals surface area (Å²) in [6.45, 7) is 6.19. The molecule has 9 heteroatoms. The first-order valence-corrected chi connectivity index (χ1v) is 13.4. The maximum atomic E-state index is 13.2. The highest BCUT2D eigenvalue weighted by Crippen LogP contribution is 2.22. The van der Waals surface area contributed by atoms with E-state index in [0.717, 1.165) is 11.1 Å². The van der Waals surface area contributed by atoms with E-state index in [4.69, 9.17) is 9.84 Å². The molecule has 3 aromatic carbocycles. The van der Waals surface area contributed by atoms with Gasteiger partial charge in [0.2, 0.25) is 5.91 Å². The molecule has 0 bridgehead atoms. The van der Waals surface area contributed by atoms with Gasteiger partial charge in [0.05, 0.1) is 7.11 Å². The SMILES string of the molecule is COc1ccc(C(=O)NCc2cccc(C(=O)N[C@@H](CC(C)(C)C)C(=O)Nc3ccc(CCC(=O)O)cc3)c2)cc1. The molecule has 0 saturated heterocycles. The summed E-state index contributed by atoms with van der Waals surface area (Å²) < 4.78 is 5.12. The number of hydrogen-bond donors (Lipinski definition) is 4. The van der Waals surface area contributed by atoms with E-state index in [0.29, 0.717) is 35.4 Å². The van der Waals surface area contributed by atoms with Crippen LogP contribution in [0.15, 0.2) is 72.8 Å². The number of benzene rings is 3. The molecular formula is C32H37N3O6. The van der Waals surface area contributed by atoms with Crippen molar-refractivity contribution in [3.8, 4) is 5.75 Å². The Bertz CT molecular complexity index is 1360. The van der Waals surface area contributed by atoms with E-state index in [-0.39, 0.29) is 30.2 Å². The van der Waals surface area contributed by atoms with E-state index in [1.807, 2.05) is 26.8 Å². The number of ether oxygens (including phenoxy) is 1. The molecule has 0 aromatic heterocycles. The van der Waals surface area contributed by atoms with Crippen molar-refractivity contribution in [1.82, 2.24) is 10.6 Å². The van der Waals surface area contributed by atoms with Crippen LogP contribution in [0.2, 0.25) is 0 Å². The molecule has 0 heterocycles. The van der Waals surface area contributed by atoms with Crippen molar-refractivity contribution in [2.24, 2.45) is 5.41 Å². The average Bonchev–Trinajstić information content (AvgIpc) is 2.94. The number of hydrogen-bond acceptors (Lipinski definition) is 5. The normalized spacial score (nSPS) is 11.7. The van der Waals surface area contributed by atoms with Gasteiger partial charge in [0.1, 0.15) is 11.8 Å². The van der Waals surface area contributed by atoms with Crippen LogP contribution < -0.4 is 20.7 Å². The Morgan fingerprint density at radius 3 is 2.15 bits per heavy atom. The molecule has 3 amide bonds. The van der Waals surface area contributed by atoms with Crippen LogP contribution >= 0.6 is 0 Å². The standard InChI is InChI=1S/C32H37N3O6/c1-32(2,3)19-27(31(40)34-25-13-8-21(9-14-25)10-17-28(36)37)35-30(39)24-7-5-6-22(18-24)20-33-29(38)23-11-15-26(41-4)16-12-23/h5-9,11-16,18,27H,10,17,19-20H2,1-4H3,(H,33,38)(H,34,40)(H,35,39)(H,36,37)/t27-/m0/s1. The number of nitrogens with one attached hydrogen (secondary N) is 3. The van der Waals surface area contributed by atoms with Gasteiger partial charge in [-0.1, -0.05) is 45.0 Å². The van der Waals surface area contributed by atoms with Crippen LogP contribution in [0.5, 0.6) is 5.75 Å². The van der Waals surface area contributed by atoms with Gasteiger partial charge in [-0.3, -0.25) is 19.2 Å². The molecule has 216 valence electrons. The van der Waals surface area contributed by atoms with Crippen molar-refractivity contribution >= 4 is 29.4 Å². The van der Waals surface area contributed by atoms with E-state index in [2.05, 4.69) is 16.0 Å². The maximum absolute atomic E-state index is 13.2. The summed E-state index contributed by atoms with van der Waals surface area (Å²) in [5.74, 6) is -1.22. The van der Waals surface area contributed by atoms with Crippen LogP contribution in [0.1, 0.15) is 65.5 Å². The first-order chi connectivity index (χ1) is 19.4. The van der Waals surface area contributed by atoms with Gasteiger partial charge in [-0.25, -0.2) is 0 Å². The molecule has 0 aliphatic heterocycles. The Morgan fingerprint density at radius 1 is 0.854 bits per heavy atom. The number of rotatable bonds is 12. The Morgan fingerprint density at radius 2 is 1.54 bits per heavy atom. The zero-order valence-corrected chi connectivity index (χ0v) is 23.8. The Hall–Kier alpha value is -4.66. The van der Waals surface area contributed by atoms with Gasteiger partial charge in [-0.2, -0.15) is 0 Å². The lowest BCUT2D eigenvalue weighted by Crippen LogP contribution is -2.45. The number of amides is 3. The lowest BCUT2D eigenvalue weighted by atomic mass is 9.87. The van der Waals surface area contributed by atoms with Gasteiger partial charge >= 0.3 is 5.97 Å². The third kappa shape index (κ3) is 10.1. The first kappa shape index (κ1) is 30.9. The van der Waals surface area contributed by atoms with E-state index in [1.54, 1.807) is 73.8 Å². The number of aliphatic carboxylic acids is 1. The highest BCUT2D eigenvalue weighted by atomic mass is 16.5. The molecule has 0 aliphatic carbocycles. The summed E-state index contributed by atoms with van der Waals surface area (Å²) in [6, 6.07) is 19.8.